The zero-order valence-electron chi connectivity index (χ0n) is 11.8. The average molecular weight is 362 g/mol. The van der Waals surface area contributed by atoms with Gasteiger partial charge in [-0.25, -0.2) is 8.42 Å². The fourth-order valence-electron chi connectivity index (χ4n) is 3.15. The van der Waals surface area contributed by atoms with Gasteiger partial charge in [0.25, 0.3) is 0 Å². The van der Waals surface area contributed by atoms with Gasteiger partial charge in [0.05, 0.1) is 16.7 Å². The van der Waals surface area contributed by atoms with Crippen molar-refractivity contribution in [2.24, 2.45) is 5.92 Å². The summed E-state index contributed by atoms with van der Waals surface area (Å²) in [7, 11) is -3.59. The van der Waals surface area contributed by atoms with E-state index in [9.17, 15) is 8.42 Å². The largest absolute Gasteiger partial charge is 0.314 e. The van der Waals surface area contributed by atoms with Crippen molar-refractivity contribution in [3.8, 4) is 6.07 Å². The Balaban J connectivity index is 0.00000176. The molecule has 2 unspecified atom stereocenters. The number of nitrogens with one attached hydrogen (secondary N) is 1. The summed E-state index contributed by atoms with van der Waals surface area (Å²) in [5, 5.41) is 12.4. The van der Waals surface area contributed by atoms with Crippen LogP contribution in [-0.2, 0) is 10.0 Å². The highest BCUT2D eigenvalue weighted by Gasteiger charge is 2.38. The molecule has 2 aliphatic heterocycles. The molecule has 0 radical (unpaired) electrons. The maximum absolute atomic E-state index is 12.7. The summed E-state index contributed by atoms with van der Waals surface area (Å²) in [4.78, 5) is 0.0903. The predicted octanol–water partition coefficient (Wildman–Crippen LogP) is 2.01. The number of nitrogens with zero attached hydrogens (tertiary/aromatic N) is 2. The molecule has 0 amide bonds. The Morgan fingerprint density at radius 1 is 1.36 bits per heavy atom. The van der Waals surface area contributed by atoms with E-state index in [1.807, 2.05) is 6.07 Å². The SMILES string of the molecule is Cl.N#Cc1ccc(S(=O)(=O)N2CCC3NCCC3C2)c(Cl)c1. The first-order chi connectivity index (χ1) is 10.0. The summed E-state index contributed by atoms with van der Waals surface area (Å²) < 4.78 is 27.0. The molecule has 2 fully saturated rings. The molecule has 2 heterocycles. The minimum absolute atomic E-state index is 0. The number of piperidine rings is 1. The second kappa shape index (κ2) is 6.73. The topological polar surface area (TPSA) is 73.2 Å². The molecule has 1 aromatic carbocycles. The van der Waals surface area contributed by atoms with E-state index in [1.54, 1.807) is 0 Å². The molecule has 0 saturated carbocycles. The van der Waals surface area contributed by atoms with Crippen LogP contribution >= 0.6 is 24.0 Å². The molecule has 2 aliphatic rings. The van der Waals surface area contributed by atoms with Crippen molar-refractivity contribution >= 4 is 34.0 Å². The van der Waals surface area contributed by atoms with Gasteiger partial charge in [-0.2, -0.15) is 9.57 Å². The van der Waals surface area contributed by atoms with Gasteiger partial charge >= 0.3 is 0 Å². The summed E-state index contributed by atoms with van der Waals surface area (Å²) in [6, 6.07) is 6.71. The van der Waals surface area contributed by atoms with Crippen molar-refractivity contribution in [2.75, 3.05) is 19.6 Å². The highest BCUT2D eigenvalue weighted by atomic mass is 35.5. The molecule has 1 N–H and O–H groups in total. The van der Waals surface area contributed by atoms with Crippen LogP contribution < -0.4 is 5.32 Å². The second-order valence-electron chi connectivity index (χ2n) is 5.52. The van der Waals surface area contributed by atoms with Crippen LogP contribution in [0, 0.1) is 17.2 Å². The fourth-order valence-corrected chi connectivity index (χ4v) is 5.18. The Kier molecular flexibility index (Phi) is 5.36. The maximum atomic E-state index is 12.7. The van der Waals surface area contributed by atoms with Gasteiger partial charge in [-0.3, -0.25) is 0 Å². The quantitative estimate of drug-likeness (QED) is 0.874. The number of sulfonamides is 1. The summed E-state index contributed by atoms with van der Waals surface area (Å²) in [5.74, 6) is 0.380. The van der Waals surface area contributed by atoms with Crippen molar-refractivity contribution in [1.82, 2.24) is 9.62 Å². The lowest BCUT2D eigenvalue weighted by Crippen LogP contribution is -2.46. The summed E-state index contributed by atoms with van der Waals surface area (Å²) in [5.41, 5.74) is 0.359. The third kappa shape index (κ3) is 3.10. The van der Waals surface area contributed by atoms with Gasteiger partial charge in [-0.05, 0) is 43.5 Å². The first-order valence-electron chi connectivity index (χ1n) is 6.95. The van der Waals surface area contributed by atoms with E-state index >= 15 is 0 Å². The molecule has 8 heteroatoms. The van der Waals surface area contributed by atoms with Crippen molar-refractivity contribution in [3.63, 3.8) is 0 Å². The first kappa shape index (κ1) is 17.5. The molecule has 0 bridgehead atoms. The van der Waals surface area contributed by atoms with Crippen molar-refractivity contribution in [3.05, 3.63) is 28.8 Å². The van der Waals surface area contributed by atoms with E-state index in [4.69, 9.17) is 16.9 Å². The number of rotatable bonds is 2. The number of benzene rings is 1. The van der Waals surface area contributed by atoms with E-state index in [0.29, 0.717) is 30.6 Å². The third-order valence-corrected chi connectivity index (χ3v) is 6.65. The number of hydrogen-bond donors (Lipinski definition) is 1. The lowest BCUT2D eigenvalue weighted by Gasteiger charge is -2.34. The minimum Gasteiger partial charge on any atom is -0.314 e. The predicted molar refractivity (Wildman–Crippen MR) is 86.7 cm³/mol. The molecule has 0 spiro atoms. The van der Waals surface area contributed by atoms with Gasteiger partial charge in [0.15, 0.2) is 0 Å². The lowest BCUT2D eigenvalue weighted by atomic mass is 9.95. The van der Waals surface area contributed by atoms with E-state index < -0.39 is 10.0 Å². The van der Waals surface area contributed by atoms with Crippen LogP contribution in [-0.4, -0.2) is 38.4 Å². The highest BCUT2D eigenvalue weighted by Crippen LogP contribution is 2.31. The van der Waals surface area contributed by atoms with Crippen LogP contribution in [0.1, 0.15) is 18.4 Å². The van der Waals surface area contributed by atoms with Crippen LogP contribution in [0.2, 0.25) is 5.02 Å². The molecule has 120 valence electrons. The van der Waals surface area contributed by atoms with E-state index in [2.05, 4.69) is 5.32 Å². The van der Waals surface area contributed by atoms with Crippen LogP contribution in [0.15, 0.2) is 23.1 Å². The van der Waals surface area contributed by atoms with Crippen molar-refractivity contribution < 1.29 is 8.42 Å². The zero-order valence-corrected chi connectivity index (χ0v) is 14.2. The fraction of sp³-hybridized carbons (Fsp3) is 0.500. The molecule has 0 aliphatic carbocycles. The lowest BCUT2D eigenvalue weighted by molar-refractivity contribution is 0.247. The Labute approximate surface area is 141 Å². The molecule has 2 atom stereocenters. The summed E-state index contributed by atoms with van der Waals surface area (Å²) >= 11 is 6.05. The van der Waals surface area contributed by atoms with Crippen LogP contribution in [0.25, 0.3) is 0 Å². The Bertz CT molecular complexity index is 703. The summed E-state index contributed by atoms with van der Waals surface area (Å²) in [6.07, 6.45) is 1.84. The minimum atomic E-state index is -3.59. The Morgan fingerprint density at radius 2 is 2.14 bits per heavy atom. The Hall–Kier alpha value is -0.840. The molecule has 2 saturated heterocycles. The van der Waals surface area contributed by atoms with Gasteiger partial charge in [0.2, 0.25) is 10.0 Å². The molecule has 0 aromatic heterocycles. The number of fused-ring (bicyclic) bond motifs is 1. The highest BCUT2D eigenvalue weighted by molar-refractivity contribution is 7.89. The smallest absolute Gasteiger partial charge is 0.244 e. The standard InChI is InChI=1S/C14H16ClN3O2S.ClH/c15-12-7-10(8-16)1-2-14(12)21(19,20)18-6-4-13-11(9-18)3-5-17-13;/h1-2,7,11,13,17H,3-6,9H2;1H. The molecular formula is C14H17Cl2N3O2S. The number of halogens is 2. The molecule has 5 nitrogen and oxygen atoms in total. The van der Waals surface area contributed by atoms with Crippen molar-refractivity contribution in [2.45, 2.75) is 23.8 Å². The van der Waals surface area contributed by atoms with E-state index in [1.165, 1.54) is 22.5 Å². The van der Waals surface area contributed by atoms with Gasteiger partial charge in [0, 0.05) is 19.1 Å². The molecule has 3 rings (SSSR count). The normalized spacial score (nSPS) is 25.1. The van der Waals surface area contributed by atoms with E-state index in [0.717, 1.165) is 19.4 Å². The van der Waals surface area contributed by atoms with Crippen molar-refractivity contribution in [1.29, 1.82) is 5.26 Å². The second-order valence-corrected chi connectivity index (χ2v) is 7.83. The van der Waals surface area contributed by atoms with Gasteiger partial charge in [-0.15, -0.1) is 12.4 Å². The zero-order chi connectivity index (χ0) is 15.0. The van der Waals surface area contributed by atoms with Gasteiger partial charge in [-0.1, -0.05) is 11.6 Å². The number of hydrogen-bond acceptors (Lipinski definition) is 4. The van der Waals surface area contributed by atoms with Crippen LogP contribution in [0.4, 0.5) is 0 Å². The maximum Gasteiger partial charge on any atom is 0.244 e. The molecule has 1 aromatic rings. The van der Waals surface area contributed by atoms with Gasteiger partial charge < -0.3 is 5.32 Å². The molecule has 22 heavy (non-hydrogen) atoms. The van der Waals surface area contributed by atoms with E-state index in [-0.39, 0.29) is 22.3 Å². The van der Waals surface area contributed by atoms with Crippen LogP contribution in [0.3, 0.4) is 0 Å². The molecular weight excluding hydrogens is 345 g/mol. The summed E-state index contributed by atoms with van der Waals surface area (Å²) in [6.45, 7) is 2.00. The third-order valence-electron chi connectivity index (χ3n) is 4.30. The monoisotopic (exact) mass is 361 g/mol. The van der Waals surface area contributed by atoms with Gasteiger partial charge in [0.1, 0.15) is 4.90 Å². The number of nitriles is 1. The van der Waals surface area contributed by atoms with Crippen LogP contribution in [0.5, 0.6) is 0 Å². The first-order valence-corrected chi connectivity index (χ1v) is 8.77. The average Bonchev–Trinajstić information content (AvgIpc) is 2.94. The Morgan fingerprint density at radius 3 is 2.82 bits per heavy atom.